The van der Waals surface area contributed by atoms with Gasteiger partial charge in [-0.3, -0.25) is 24.7 Å². The summed E-state index contributed by atoms with van der Waals surface area (Å²) in [5.41, 5.74) is 2.07. The summed E-state index contributed by atoms with van der Waals surface area (Å²) in [5.74, 6) is -1.78. The Bertz CT molecular complexity index is 1280. The zero-order valence-corrected chi connectivity index (χ0v) is 18.7. The molecule has 3 aromatic rings. The van der Waals surface area contributed by atoms with E-state index in [0.29, 0.717) is 17.2 Å². The first-order chi connectivity index (χ1) is 16.3. The van der Waals surface area contributed by atoms with Crippen LogP contribution in [-0.2, 0) is 16.1 Å². The molecule has 0 radical (unpaired) electrons. The van der Waals surface area contributed by atoms with Crippen molar-refractivity contribution in [3.63, 3.8) is 0 Å². The first-order valence-electron chi connectivity index (χ1n) is 10.8. The van der Waals surface area contributed by atoms with Crippen LogP contribution in [0.2, 0.25) is 0 Å². The highest BCUT2D eigenvalue weighted by Crippen LogP contribution is 2.40. The summed E-state index contributed by atoms with van der Waals surface area (Å²) < 4.78 is 0. The molecule has 1 aliphatic rings. The predicted molar refractivity (Wildman–Crippen MR) is 126 cm³/mol. The molecule has 1 N–H and O–H groups in total. The van der Waals surface area contributed by atoms with Crippen molar-refractivity contribution in [1.29, 1.82) is 0 Å². The van der Waals surface area contributed by atoms with Crippen LogP contribution < -0.4 is 0 Å². The van der Waals surface area contributed by atoms with Crippen LogP contribution in [0.4, 0.5) is 5.69 Å². The lowest BCUT2D eigenvalue weighted by Crippen LogP contribution is -2.29. The summed E-state index contributed by atoms with van der Waals surface area (Å²) >= 11 is 0. The van der Waals surface area contributed by atoms with Gasteiger partial charge in [0.1, 0.15) is 5.76 Å². The molecular formula is C26H23N3O5. The van der Waals surface area contributed by atoms with E-state index in [-0.39, 0.29) is 23.4 Å². The number of pyridine rings is 1. The number of Topliss-reactive ketones (excluding diaryl/α,β-unsaturated/α-hetero) is 1. The van der Waals surface area contributed by atoms with E-state index in [1.807, 2.05) is 24.3 Å². The van der Waals surface area contributed by atoms with E-state index in [9.17, 15) is 24.8 Å². The summed E-state index contributed by atoms with van der Waals surface area (Å²) in [6.45, 7) is 4.18. The second-order valence-electron chi connectivity index (χ2n) is 8.38. The molecule has 1 saturated heterocycles. The van der Waals surface area contributed by atoms with Gasteiger partial charge in [-0.2, -0.15) is 0 Å². The molecule has 1 aromatic heterocycles. The Morgan fingerprint density at radius 2 is 1.82 bits per heavy atom. The Labute approximate surface area is 196 Å². The average Bonchev–Trinajstić information content (AvgIpc) is 3.09. The van der Waals surface area contributed by atoms with Crippen LogP contribution in [0.5, 0.6) is 0 Å². The van der Waals surface area contributed by atoms with Crippen LogP contribution in [0.1, 0.15) is 48.2 Å². The Hall–Kier alpha value is -4.33. The number of carbonyl (C=O) groups excluding carboxylic acids is 2. The molecule has 8 nitrogen and oxygen atoms in total. The second kappa shape index (κ2) is 9.27. The molecule has 0 saturated carbocycles. The van der Waals surface area contributed by atoms with Gasteiger partial charge in [0.25, 0.3) is 17.4 Å². The quantitative estimate of drug-likeness (QED) is 0.188. The SMILES string of the molecule is CC(C)c1ccc(C2/C(=C(/O)c3cccc([N+](=O)[O-])c3)C(=O)C(=O)N2Cc2ccccn2)cc1. The zero-order chi connectivity index (χ0) is 24.4. The molecule has 0 aliphatic carbocycles. The van der Waals surface area contributed by atoms with Gasteiger partial charge in [0.2, 0.25) is 0 Å². The summed E-state index contributed by atoms with van der Waals surface area (Å²) in [4.78, 5) is 42.5. The lowest BCUT2D eigenvalue weighted by Gasteiger charge is -2.25. The van der Waals surface area contributed by atoms with Gasteiger partial charge in [0, 0.05) is 23.9 Å². The maximum absolute atomic E-state index is 13.1. The number of amides is 1. The normalized spacial score (nSPS) is 17.4. The van der Waals surface area contributed by atoms with E-state index in [2.05, 4.69) is 18.8 Å². The smallest absolute Gasteiger partial charge is 0.296 e. The lowest BCUT2D eigenvalue weighted by molar-refractivity contribution is -0.384. The van der Waals surface area contributed by atoms with Crippen molar-refractivity contribution in [3.05, 3.63) is 111 Å². The Morgan fingerprint density at radius 3 is 2.44 bits per heavy atom. The third kappa shape index (κ3) is 4.30. The number of nitrogens with zero attached hydrogens (tertiary/aromatic N) is 3. The number of aromatic nitrogens is 1. The molecule has 0 spiro atoms. The predicted octanol–water partition coefficient (Wildman–Crippen LogP) is 4.74. The molecule has 172 valence electrons. The molecule has 8 heteroatoms. The number of rotatable bonds is 6. The summed E-state index contributed by atoms with van der Waals surface area (Å²) in [6, 6.07) is 17.3. The fourth-order valence-electron chi connectivity index (χ4n) is 4.04. The molecule has 1 fully saturated rings. The minimum Gasteiger partial charge on any atom is -0.507 e. The number of non-ortho nitro benzene ring substituents is 1. The number of hydrogen-bond donors (Lipinski definition) is 1. The monoisotopic (exact) mass is 457 g/mol. The topological polar surface area (TPSA) is 114 Å². The number of nitro benzene ring substituents is 1. The highest BCUT2D eigenvalue weighted by Gasteiger charge is 2.46. The summed E-state index contributed by atoms with van der Waals surface area (Å²) in [5, 5.41) is 22.3. The van der Waals surface area contributed by atoms with E-state index in [1.165, 1.54) is 29.2 Å². The van der Waals surface area contributed by atoms with E-state index in [4.69, 9.17) is 0 Å². The highest BCUT2D eigenvalue weighted by atomic mass is 16.6. The van der Waals surface area contributed by atoms with Crippen molar-refractivity contribution in [3.8, 4) is 0 Å². The maximum Gasteiger partial charge on any atom is 0.296 e. The number of ketones is 1. The van der Waals surface area contributed by atoms with Gasteiger partial charge in [-0.25, -0.2) is 0 Å². The average molecular weight is 457 g/mol. The molecule has 4 rings (SSSR count). The largest absolute Gasteiger partial charge is 0.507 e. The lowest BCUT2D eigenvalue weighted by atomic mass is 9.93. The Kier molecular flexibility index (Phi) is 6.23. The van der Waals surface area contributed by atoms with Gasteiger partial charge in [-0.15, -0.1) is 0 Å². The van der Waals surface area contributed by atoms with Crippen molar-refractivity contribution >= 4 is 23.1 Å². The number of benzene rings is 2. The Morgan fingerprint density at radius 1 is 1.09 bits per heavy atom. The number of hydrogen-bond acceptors (Lipinski definition) is 6. The standard InChI is InChI=1S/C26H23N3O5/c1-16(2)17-9-11-18(12-10-17)23-22(24(30)19-6-5-8-21(14-19)29(33)34)25(31)26(32)28(23)15-20-7-3-4-13-27-20/h3-14,16,23,30H,15H2,1-2H3/b24-22-. The van der Waals surface area contributed by atoms with E-state index in [1.54, 1.807) is 24.4 Å². The number of carbonyl (C=O) groups is 2. The minimum atomic E-state index is -0.873. The minimum absolute atomic E-state index is 0.0632. The van der Waals surface area contributed by atoms with Gasteiger partial charge in [-0.05, 0) is 29.2 Å². The highest BCUT2D eigenvalue weighted by molar-refractivity contribution is 6.46. The summed E-state index contributed by atoms with van der Waals surface area (Å²) in [7, 11) is 0. The van der Waals surface area contributed by atoms with Crippen LogP contribution in [0.3, 0.4) is 0 Å². The maximum atomic E-state index is 13.1. The van der Waals surface area contributed by atoms with Gasteiger partial charge in [-0.1, -0.05) is 56.3 Å². The van der Waals surface area contributed by atoms with E-state index >= 15 is 0 Å². The molecule has 1 atom stereocenters. The van der Waals surface area contributed by atoms with Gasteiger partial charge < -0.3 is 10.0 Å². The molecule has 2 heterocycles. The van der Waals surface area contributed by atoms with Crippen LogP contribution in [0.25, 0.3) is 5.76 Å². The fraction of sp³-hybridized carbons (Fsp3) is 0.192. The van der Waals surface area contributed by atoms with Crippen LogP contribution in [0.15, 0.2) is 78.5 Å². The molecule has 0 bridgehead atoms. The second-order valence-corrected chi connectivity index (χ2v) is 8.38. The van der Waals surface area contributed by atoms with E-state index < -0.39 is 28.4 Å². The third-order valence-electron chi connectivity index (χ3n) is 5.85. The van der Waals surface area contributed by atoms with Crippen LogP contribution in [0, 0.1) is 10.1 Å². The third-order valence-corrected chi connectivity index (χ3v) is 5.85. The van der Waals surface area contributed by atoms with Crippen LogP contribution in [-0.4, -0.2) is 31.6 Å². The number of aliphatic hydroxyl groups is 1. The fourth-order valence-corrected chi connectivity index (χ4v) is 4.04. The molecule has 1 unspecified atom stereocenters. The van der Waals surface area contributed by atoms with Crippen molar-refractivity contribution in [2.45, 2.75) is 32.4 Å². The van der Waals surface area contributed by atoms with E-state index in [0.717, 1.165) is 5.56 Å². The van der Waals surface area contributed by atoms with Crippen LogP contribution >= 0.6 is 0 Å². The zero-order valence-electron chi connectivity index (χ0n) is 18.7. The van der Waals surface area contributed by atoms with Crippen molar-refractivity contribution < 1.29 is 19.6 Å². The number of aliphatic hydroxyl groups excluding tert-OH is 1. The molecule has 1 aliphatic heterocycles. The van der Waals surface area contributed by atoms with Crippen molar-refractivity contribution in [1.82, 2.24) is 9.88 Å². The molecule has 1 amide bonds. The molecule has 2 aromatic carbocycles. The Balaban J connectivity index is 1.87. The van der Waals surface area contributed by atoms with Gasteiger partial charge >= 0.3 is 0 Å². The van der Waals surface area contributed by atoms with Gasteiger partial charge in [0.05, 0.1) is 28.8 Å². The van der Waals surface area contributed by atoms with Crippen molar-refractivity contribution in [2.75, 3.05) is 0 Å². The summed E-state index contributed by atoms with van der Waals surface area (Å²) in [6.07, 6.45) is 1.60. The van der Waals surface area contributed by atoms with Crippen molar-refractivity contribution in [2.24, 2.45) is 0 Å². The number of nitro groups is 1. The number of likely N-dealkylation sites (tertiary alicyclic amines) is 1. The molecular weight excluding hydrogens is 434 g/mol. The van der Waals surface area contributed by atoms with Gasteiger partial charge in [0.15, 0.2) is 0 Å². The first-order valence-corrected chi connectivity index (χ1v) is 10.8. The first kappa shape index (κ1) is 22.8. The molecule has 34 heavy (non-hydrogen) atoms.